The van der Waals surface area contributed by atoms with Crippen LogP contribution in [0.4, 0.5) is 8.78 Å². The van der Waals surface area contributed by atoms with Crippen LogP contribution in [0, 0.1) is 0 Å². The van der Waals surface area contributed by atoms with E-state index in [4.69, 9.17) is 0 Å². The molecule has 1 aromatic rings. The Morgan fingerprint density at radius 3 is 2.75 bits per heavy atom. The van der Waals surface area contributed by atoms with Crippen molar-refractivity contribution in [1.29, 1.82) is 0 Å². The van der Waals surface area contributed by atoms with Gasteiger partial charge in [-0.3, -0.25) is 0 Å². The first-order chi connectivity index (χ1) is 7.57. The maximum Gasteiger partial charge on any atom is 0.270 e. The smallest absolute Gasteiger partial charge is 0.270 e. The van der Waals surface area contributed by atoms with Crippen molar-refractivity contribution in [2.24, 2.45) is 0 Å². The van der Waals surface area contributed by atoms with Gasteiger partial charge >= 0.3 is 0 Å². The molecule has 1 saturated heterocycles. The molecule has 1 aliphatic rings. The van der Waals surface area contributed by atoms with Crippen molar-refractivity contribution in [2.45, 2.75) is 38.2 Å². The highest BCUT2D eigenvalue weighted by molar-refractivity contribution is 5.28. The monoisotopic (exact) mass is 225 g/mol. The summed E-state index contributed by atoms with van der Waals surface area (Å²) in [6, 6.07) is 7.02. The van der Waals surface area contributed by atoms with Crippen molar-refractivity contribution in [3.63, 3.8) is 0 Å². The van der Waals surface area contributed by atoms with Gasteiger partial charge in [-0.05, 0) is 31.0 Å². The Kier molecular flexibility index (Phi) is 3.24. The first-order valence-corrected chi connectivity index (χ1v) is 5.79. The van der Waals surface area contributed by atoms with E-state index in [9.17, 15) is 8.78 Å². The number of rotatable bonds is 2. The van der Waals surface area contributed by atoms with Gasteiger partial charge < -0.3 is 5.32 Å². The molecule has 0 spiro atoms. The molecule has 88 valence electrons. The van der Waals surface area contributed by atoms with Crippen molar-refractivity contribution < 1.29 is 8.78 Å². The second kappa shape index (κ2) is 4.50. The molecule has 1 N–H and O–H groups in total. The third-order valence-corrected chi connectivity index (χ3v) is 3.11. The molecule has 0 aliphatic carbocycles. The number of hydrogen-bond acceptors (Lipinski definition) is 1. The Labute approximate surface area is 94.9 Å². The van der Waals surface area contributed by atoms with Crippen LogP contribution in [0.15, 0.2) is 24.3 Å². The second-order valence-electron chi connectivity index (χ2n) is 4.52. The molecule has 0 bridgehead atoms. The largest absolute Gasteiger partial charge is 0.310 e. The van der Waals surface area contributed by atoms with Crippen LogP contribution in [-0.2, 0) is 5.92 Å². The van der Waals surface area contributed by atoms with Crippen molar-refractivity contribution >= 4 is 0 Å². The van der Waals surface area contributed by atoms with Gasteiger partial charge in [0.25, 0.3) is 5.92 Å². The van der Waals surface area contributed by atoms with Gasteiger partial charge in [-0.25, -0.2) is 8.78 Å². The minimum absolute atomic E-state index is 0.109. The van der Waals surface area contributed by atoms with Crippen molar-refractivity contribution in [3.05, 3.63) is 35.4 Å². The van der Waals surface area contributed by atoms with E-state index >= 15 is 0 Å². The summed E-state index contributed by atoms with van der Waals surface area (Å²) in [7, 11) is 0. The SMILES string of the molecule is CC(F)(F)c1cccc(C2CCCCN2)c1. The summed E-state index contributed by atoms with van der Waals surface area (Å²) in [4.78, 5) is 0. The third-order valence-electron chi connectivity index (χ3n) is 3.11. The molecule has 0 radical (unpaired) electrons. The molecule has 0 saturated carbocycles. The van der Waals surface area contributed by atoms with Crippen LogP contribution < -0.4 is 5.32 Å². The number of hydrogen-bond donors (Lipinski definition) is 1. The molecule has 1 heterocycles. The van der Waals surface area contributed by atoms with Gasteiger partial charge in [0, 0.05) is 18.5 Å². The minimum atomic E-state index is -2.75. The van der Waals surface area contributed by atoms with E-state index in [1.807, 2.05) is 6.07 Å². The lowest BCUT2D eigenvalue weighted by atomic mass is 9.95. The molecule has 3 heteroatoms. The van der Waals surface area contributed by atoms with Gasteiger partial charge in [-0.15, -0.1) is 0 Å². The molecule has 1 atom stereocenters. The van der Waals surface area contributed by atoms with Crippen LogP contribution in [0.2, 0.25) is 0 Å². The quantitative estimate of drug-likeness (QED) is 0.810. The minimum Gasteiger partial charge on any atom is -0.310 e. The molecule has 0 aromatic heterocycles. The zero-order chi connectivity index (χ0) is 11.6. The molecule has 1 aromatic carbocycles. The number of benzene rings is 1. The Balaban J connectivity index is 2.21. The Hall–Kier alpha value is -0.960. The first kappa shape index (κ1) is 11.5. The van der Waals surface area contributed by atoms with E-state index < -0.39 is 5.92 Å². The maximum atomic E-state index is 13.2. The maximum absolute atomic E-state index is 13.2. The molecule has 0 amide bonds. The summed E-state index contributed by atoms with van der Waals surface area (Å²) in [5.41, 5.74) is 1.09. The summed E-state index contributed by atoms with van der Waals surface area (Å²) >= 11 is 0. The van der Waals surface area contributed by atoms with Crippen LogP contribution in [0.3, 0.4) is 0 Å². The van der Waals surface area contributed by atoms with Gasteiger partial charge in [-0.2, -0.15) is 0 Å². The standard InChI is InChI=1S/C13H17F2N/c1-13(14,15)11-6-4-5-10(9-11)12-7-2-3-8-16-12/h4-6,9,12,16H,2-3,7-8H2,1H3. The van der Waals surface area contributed by atoms with Crippen LogP contribution >= 0.6 is 0 Å². The highest BCUT2D eigenvalue weighted by Gasteiger charge is 2.25. The molecule has 2 rings (SSSR count). The van der Waals surface area contributed by atoms with Crippen molar-refractivity contribution in [2.75, 3.05) is 6.54 Å². The van der Waals surface area contributed by atoms with Crippen LogP contribution in [-0.4, -0.2) is 6.54 Å². The van der Waals surface area contributed by atoms with E-state index in [0.717, 1.165) is 25.5 Å². The zero-order valence-corrected chi connectivity index (χ0v) is 9.47. The van der Waals surface area contributed by atoms with Crippen LogP contribution in [0.1, 0.15) is 43.4 Å². The lowest BCUT2D eigenvalue weighted by molar-refractivity contribution is 0.0173. The fraction of sp³-hybridized carbons (Fsp3) is 0.538. The van der Waals surface area contributed by atoms with Gasteiger partial charge in [0.2, 0.25) is 0 Å². The first-order valence-electron chi connectivity index (χ1n) is 5.79. The Bertz CT molecular complexity index is 351. The zero-order valence-electron chi connectivity index (χ0n) is 9.47. The summed E-state index contributed by atoms with van der Waals surface area (Å²) in [5.74, 6) is -2.75. The van der Waals surface area contributed by atoms with Crippen molar-refractivity contribution in [3.8, 4) is 0 Å². The highest BCUT2D eigenvalue weighted by atomic mass is 19.3. The third kappa shape index (κ3) is 2.59. The molecule has 1 aliphatic heterocycles. The molecular formula is C13H17F2N. The molecule has 16 heavy (non-hydrogen) atoms. The number of alkyl halides is 2. The average molecular weight is 225 g/mol. The number of piperidine rings is 1. The average Bonchev–Trinajstić information content (AvgIpc) is 2.29. The molecule has 1 unspecified atom stereocenters. The summed E-state index contributed by atoms with van der Waals surface area (Å²) < 4.78 is 26.4. The Morgan fingerprint density at radius 2 is 2.12 bits per heavy atom. The molecule has 1 nitrogen and oxygen atoms in total. The summed E-state index contributed by atoms with van der Waals surface area (Å²) in [6.45, 7) is 1.93. The van der Waals surface area contributed by atoms with Gasteiger partial charge in [0.1, 0.15) is 0 Å². The predicted octanol–water partition coefficient (Wildman–Crippen LogP) is 3.61. The lowest BCUT2D eigenvalue weighted by Gasteiger charge is -2.24. The van der Waals surface area contributed by atoms with Crippen LogP contribution in [0.25, 0.3) is 0 Å². The van der Waals surface area contributed by atoms with Crippen molar-refractivity contribution in [1.82, 2.24) is 5.32 Å². The van der Waals surface area contributed by atoms with E-state index in [1.54, 1.807) is 12.1 Å². The molecule has 1 fully saturated rings. The fourth-order valence-electron chi connectivity index (χ4n) is 2.16. The van der Waals surface area contributed by atoms with Gasteiger partial charge in [-0.1, -0.05) is 24.6 Å². The second-order valence-corrected chi connectivity index (χ2v) is 4.52. The summed E-state index contributed by atoms with van der Waals surface area (Å²) in [5, 5.41) is 3.37. The molecular weight excluding hydrogens is 208 g/mol. The van der Waals surface area contributed by atoms with Gasteiger partial charge in [0.15, 0.2) is 0 Å². The fourth-order valence-corrected chi connectivity index (χ4v) is 2.16. The Morgan fingerprint density at radius 1 is 1.31 bits per heavy atom. The van der Waals surface area contributed by atoms with Gasteiger partial charge in [0.05, 0.1) is 0 Å². The highest BCUT2D eigenvalue weighted by Crippen LogP contribution is 2.30. The normalized spacial score (nSPS) is 22.1. The summed E-state index contributed by atoms with van der Waals surface area (Å²) in [6.07, 6.45) is 3.39. The number of nitrogens with one attached hydrogen (secondary N) is 1. The van der Waals surface area contributed by atoms with Crippen LogP contribution in [0.5, 0.6) is 0 Å². The van der Waals surface area contributed by atoms with E-state index in [2.05, 4.69) is 5.32 Å². The van der Waals surface area contributed by atoms with E-state index in [-0.39, 0.29) is 11.6 Å². The predicted molar refractivity (Wildman–Crippen MR) is 60.6 cm³/mol. The lowest BCUT2D eigenvalue weighted by Crippen LogP contribution is -2.27. The van der Waals surface area contributed by atoms with E-state index in [0.29, 0.717) is 0 Å². The topological polar surface area (TPSA) is 12.0 Å². The number of halogens is 2. The van der Waals surface area contributed by atoms with E-state index in [1.165, 1.54) is 18.9 Å².